The molecule has 6 heteroatoms. The number of ether oxygens (including phenoxy) is 2. The van der Waals surface area contributed by atoms with Crippen LogP contribution in [0.3, 0.4) is 0 Å². The third-order valence-electron chi connectivity index (χ3n) is 3.95. The van der Waals surface area contributed by atoms with E-state index in [-0.39, 0.29) is 18.8 Å². The van der Waals surface area contributed by atoms with Crippen LogP contribution in [0.25, 0.3) is 0 Å². The Morgan fingerprint density at radius 3 is 3.00 bits per heavy atom. The highest BCUT2D eigenvalue weighted by atomic mass is 35.5. The lowest BCUT2D eigenvalue weighted by molar-refractivity contribution is -0.141. The fraction of sp³-hybridized carbons (Fsp3) is 0.500. The molecule has 3 rings (SSSR count). The van der Waals surface area contributed by atoms with Gasteiger partial charge in [-0.1, -0.05) is 18.5 Å². The number of nitrogens with one attached hydrogen (secondary N) is 1. The fourth-order valence-corrected chi connectivity index (χ4v) is 3.28. The summed E-state index contributed by atoms with van der Waals surface area (Å²) < 4.78 is 10.8. The summed E-state index contributed by atoms with van der Waals surface area (Å²) in [6.07, 6.45) is 1.33. The molecule has 2 aliphatic rings. The number of carboxylic acids is 1. The highest BCUT2D eigenvalue weighted by Gasteiger charge is 2.33. The van der Waals surface area contributed by atoms with Crippen LogP contribution in [0, 0.1) is 5.92 Å². The summed E-state index contributed by atoms with van der Waals surface area (Å²) in [5.41, 5.74) is 2.02. The number of fused-ring (bicyclic) bond motifs is 1. The van der Waals surface area contributed by atoms with Gasteiger partial charge < -0.3 is 19.9 Å². The number of carboxylic acid groups (broad SMARTS) is 1. The Labute approximate surface area is 121 Å². The number of hydrogen-bond acceptors (Lipinski definition) is 4. The van der Waals surface area contributed by atoms with E-state index >= 15 is 0 Å². The average molecular weight is 298 g/mol. The maximum absolute atomic E-state index is 11.1. The van der Waals surface area contributed by atoms with Crippen LogP contribution in [0.1, 0.15) is 30.5 Å². The van der Waals surface area contributed by atoms with Crippen molar-refractivity contribution in [2.24, 2.45) is 5.92 Å². The summed E-state index contributed by atoms with van der Waals surface area (Å²) in [5, 5.41) is 12.9. The van der Waals surface area contributed by atoms with Crippen molar-refractivity contribution in [3.63, 3.8) is 0 Å². The highest BCUT2D eigenvalue weighted by molar-refractivity contribution is 6.33. The molecular weight excluding hydrogens is 282 g/mol. The maximum atomic E-state index is 11.1. The van der Waals surface area contributed by atoms with Gasteiger partial charge in [0.2, 0.25) is 6.79 Å². The lowest BCUT2D eigenvalue weighted by Crippen LogP contribution is -2.17. The van der Waals surface area contributed by atoms with Crippen molar-refractivity contribution >= 4 is 17.6 Å². The summed E-state index contributed by atoms with van der Waals surface area (Å²) in [6, 6.07) is 1.92. The Balaban J connectivity index is 1.98. The second-order valence-corrected chi connectivity index (χ2v) is 5.46. The average Bonchev–Trinajstić information content (AvgIpc) is 3.07. The van der Waals surface area contributed by atoms with Gasteiger partial charge in [-0.3, -0.25) is 4.79 Å². The van der Waals surface area contributed by atoms with Gasteiger partial charge in [0.05, 0.1) is 10.9 Å². The van der Waals surface area contributed by atoms with Crippen LogP contribution in [0.15, 0.2) is 6.07 Å². The van der Waals surface area contributed by atoms with E-state index in [1.807, 2.05) is 13.0 Å². The molecule has 0 saturated carbocycles. The molecule has 108 valence electrons. The zero-order valence-electron chi connectivity index (χ0n) is 11.1. The fourth-order valence-electron chi connectivity index (χ4n) is 2.89. The van der Waals surface area contributed by atoms with Crippen LogP contribution >= 0.6 is 11.6 Å². The quantitative estimate of drug-likeness (QED) is 0.896. The van der Waals surface area contributed by atoms with Gasteiger partial charge in [0.1, 0.15) is 0 Å². The van der Waals surface area contributed by atoms with Crippen molar-refractivity contribution in [2.75, 3.05) is 13.3 Å². The smallest absolute Gasteiger partial charge is 0.307 e. The molecule has 0 radical (unpaired) electrons. The molecule has 20 heavy (non-hydrogen) atoms. The summed E-state index contributed by atoms with van der Waals surface area (Å²) in [4.78, 5) is 11.1. The molecule has 0 spiro atoms. The Morgan fingerprint density at radius 2 is 2.35 bits per heavy atom. The van der Waals surface area contributed by atoms with Crippen molar-refractivity contribution in [2.45, 2.75) is 25.8 Å². The van der Waals surface area contributed by atoms with Crippen molar-refractivity contribution in [1.29, 1.82) is 0 Å². The van der Waals surface area contributed by atoms with Crippen LogP contribution in [0.5, 0.6) is 11.5 Å². The molecule has 0 aliphatic carbocycles. The molecule has 0 aromatic heterocycles. The summed E-state index contributed by atoms with van der Waals surface area (Å²) >= 11 is 6.39. The van der Waals surface area contributed by atoms with Crippen molar-refractivity contribution in [3.8, 4) is 11.5 Å². The Kier molecular flexibility index (Phi) is 3.48. The van der Waals surface area contributed by atoms with Crippen molar-refractivity contribution in [3.05, 3.63) is 22.2 Å². The largest absolute Gasteiger partial charge is 0.481 e. The van der Waals surface area contributed by atoms with E-state index in [1.165, 1.54) is 0 Å². The number of benzene rings is 1. The summed E-state index contributed by atoms with van der Waals surface area (Å²) in [5.74, 6) is 0.126. The van der Waals surface area contributed by atoms with Crippen LogP contribution in [-0.4, -0.2) is 24.4 Å². The van der Waals surface area contributed by atoms with Gasteiger partial charge in [-0.25, -0.2) is 0 Å². The first kappa shape index (κ1) is 13.5. The van der Waals surface area contributed by atoms with Gasteiger partial charge in [-0.05, 0) is 30.0 Å². The number of halogens is 1. The summed E-state index contributed by atoms with van der Waals surface area (Å²) in [7, 11) is 0. The van der Waals surface area contributed by atoms with E-state index in [0.717, 1.165) is 17.5 Å². The Bertz CT molecular complexity index is 561. The monoisotopic (exact) mass is 297 g/mol. The van der Waals surface area contributed by atoms with Crippen LogP contribution < -0.4 is 14.8 Å². The lowest BCUT2D eigenvalue weighted by atomic mass is 9.94. The standard InChI is InChI=1S/C14H16ClNO4/c1-2-8-9(10-3-7(5-16-10)14(17)18)4-11-13(12(8)15)20-6-19-11/h4,7,10,16H,2-3,5-6H2,1H3,(H,17,18). The molecule has 2 atom stereocenters. The van der Waals surface area contributed by atoms with Gasteiger partial charge in [0.25, 0.3) is 0 Å². The first-order valence-electron chi connectivity index (χ1n) is 6.68. The second-order valence-electron chi connectivity index (χ2n) is 5.08. The molecule has 1 saturated heterocycles. The number of carbonyl (C=O) groups is 1. The molecule has 1 aromatic rings. The third kappa shape index (κ3) is 2.11. The SMILES string of the molecule is CCc1c(C2CC(C(=O)O)CN2)cc2c(c1Cl)OCO2. The zero-order valence-corrected chi connectivity index (χ0v) is 11.9. The van der Waals surface area contributed by atoms with E-state index in [1.54, 1.807) is 0 Å². The zero-order chi connectivity index (χ0) is 14.3. The minimum Gasteiger partial charge on any atom is -0.481 e. The number of rotatable bonds is 3. The Morgan fingerprint density at radius 1 is 1.55 bits per heavy atom. The van der Waals surface area contributed by atoms with Gasteiger partial charge in [-0.2, -0.15) is 0 Å². The molecule has 1 fully saturated rings. The minimum absolute atomic E-state index is 0.00181. The summed E-state index contributed by atoms with van der Waals surface area (Å²) in [6.45, 7) is 2.68. The van der Waals surface area contributed by atoms with E-state index in [9.17, 15) is 4.79 Å². The van der Waals surface area contributed by atoms with E-state index in [2.05, 4.69) is 5.32 Å². The molecule has 2 heterocycles. The molecule has 1 aromatic carbocycles. The molecule has 2 unspecified atom stereocenters. The predicted molar refractivity (Wildman–Crippen MR) is 73.4 cm³/mol. The minimum atomic E-state index is -0.759. The normalized spacial score (nSPS) is 24.1. The number of hydrogen-bond donors (Lipinski definition) is 2. The third-order valence-corrected chi connectivity index (χ3v) is 4.35. The highest BCUT2D eigenvalue weighted by Crippen LogP contribution is 2.45. The first-order valence-corrected chi connectivity index (χ1v) is 7.06. The van der Waals surface area contributed by atoms with Gasteiger partial charge in [0, 0.05) is 12.6 Å². The van der Waals surface area contributed by atoms with Gasteiger partial charge in [-0.15, -0.1) is 0 Å². The van der Waals surface area contributed by atoms with Gasteiger partial charge >= 0.3 is 5.97 Å². The van der Waals surface area contributed by atoms with Gasteiger partial charge in [0.15, 0.2) is 11.5 Å². The van der Waals surface area contributed by atoms with E-state index in [0.29, 0.717) is 29.5 Å². The van der Waals surface area contributed by atoms with Crippen molar-refractivity contribution < 1.29 is 19.4 Å². The molecule has 0 amide bonds. The molecule has 5 nitrogen and oxygen atoms in total. The maximum Gasteiger partial charge on any atom is 0.307 e. The number of aliphatic carboxylic acids is 1. The molecule has 2 aliphatic heterocycles. The molecular formula is C14H16ClNO4. The van der Waals surface area contributed by atoms with Crippen LogP contribution in [0.2, 0.25) is 5.02 Å². The van der Waals surface area contributed by atoms with Crippen molar-refractivity contribution in [1.82, 2.24) is 5.32 Å². The molecule has 0 bridgehead atoms. The lowest BCUT2D eigenvalue weighted by Gasteiger charge is -2.17. The van der Waals surface area contributed by atoms with E-state index in [4.69, 9.17) is 26.2 Å². The van der Waals surface area contributed by atoms with Crippen LogP contribution in [0.4, 0.5) is 0 Å². The van der Waals surface area contributed by atoms with Crippen LogP contribution in [-0.2, 0) is 11.2 Å². The first-order chi connectivity index (χ1) is 9.61. The second kappa shape index (κ2) is 5.14. The topological polar surface area (TPSA) is 67.8 Å². The van der Waals surface area contributed by atoms with E-state index < -0.39 is 5.97 Å². The predicted octanol–water partition coefficient (Wildman–Crippen LogP) is 2.37. The Hall–Kier alpha value is -1.46. The molecule has 2 N–H and O–H groups in total.